The molecule has 4 rings (SSSR count). The molecule has 1 aliphatic heterocycles. The molecule has 7 nitrogen and oxygen atoms in total. The van der Waals surface area contributed by atoms with Crippen LogP contribution in [0.5, 0.6) is 0 Å². The Morgan fingerprint density at radius 1 is 1.00 bits per heavy atom. The fourth-order valence-corrected chi connectivity index (χ4v) is 5.01. The minimum atomic E-state index is -0.713. The largest absolute Gasteiger partial charge is 0.468 e. The molecule has 0 spiro atoms. The fraction of sp³-hybridized carbons (Fsp3) is 0.179. The number of amides is 2. The number of carbonyl (C=O) groups is 2. The Bertz CT molecular complexity index is 1370. The fourth-order valence-electron chi connectivity index (χ4n) is 4.12. The number of aryl methyl sites for hydroxylation is 2. The maximum absolute atomic E-state index is 13.6. The first-order valence-corrected chi connectivity index (χ1v) is 12.4. The maximum Gasteiger partial charge on any atom is 0.254 e. The van der Waals surface area contributed by atoms with Crippen molar-refractivity contribution in [1.82, 2.24) is 5.32 Å². The highest BCUT2D eigenvalue weighted by Crippen LogP contribution is 2.41. The van der Waals surface area contributed by atoms with E-state index in [0.29, 0.717) is 33.3 Å². The predicted molar refractivity (Wildman–Crippen MR) is 142 cm³/mol. The molecule has 2 heterocycles. The normalized spacial score (nSPS) is 15.2. The van der Waals surface area contributed by atoms with Crippen LogP contribution in [0.3, 0.4) is 0 Å². The van der Waals surface area contributed by atoms with Gasteiger partial charge in [0.25, 0.3) is 5.91 Å². The van der Waals surface area contributed by atoms with Crippen molar-refractivity contribution >= 4 is 35.0 Å². The molecule has 0 saturated heterocycles. The summed E-state index contributed by atoms with van der Waals surface area (Å²) in [5, 5.41) is 19.7. The molecule has 36 heavy (non-hydrogen) atoms. The van der Waals surface area contributed by atoms with E-state index in [-0.39, 0.29) is 17.6 Å². The van der Waals surface area contributed by atoms with Crippen molar-refractivity contribution in [2.75, 3.05) is 16.4 Å². The molecule has 1 aromatic heterocycles. The summed E-state index contributed by atoms with van der Waals surface area (Å²) in [5.41, 5.74) is 4.62. The van der Waals surface area contributed by atoms with Crippen molar-refractivity contribution in [3.05, 3.63) is 106 Å². The van der Waals surface area contributed by atoms with E-state index < -0.39 is 5.92 Å². The summed E-state index contributed by atoms with van der Waals surface area (Å²) in [5.74, 6) is -0.670. The molecule has 0 fully saturated rings. The number of furan rings is 1. The van der Waals surface area contributed by atoms with Gasteiger partial charge in [-0.25, -0.2) is 0 Å². The first-order chi connectivity index (χ1) is 17.4. The van der Waals surface area contributed by atoms with Crippen LogP contribution in [0.2, 0.25) is 0 Å². The van der Waals surface area contributed by atoms with Crippen molar-refractivity contribution < 1.29 is 14.0 Å². The standard InChI is InChI=1S/C28H26N4O3S/c1-17-9-7-10-18(2)26(17)32-27(34)24-19(3)30-28(21(15-29)25(24)22-13-8-14-35-22)36-16-23(33)31-20-11-5-4-6-12-20/h4-14,25,30H,16H2,1-3H3,(H,31,33)(H,32,34)/t25-/m0/s1. The van der Waals surface area contributed by atoms with Gasteiger partial charge in [-0.15, -0.1) is 0 Å². The second-order valence-electron chi connectivity index (χ2n) is 8.39. The molecule has 1 atom stereocenters. The molecule has 3 aromatic rings. The highest BCUT2D eigenvalue weighted by Gasteiger charge is 2.36. The Hall–Kier alpha value is -4.22. The van der Waals surface area contributed by atoms with E-state index in [0.717, 1.165) is 16.8 Å². The molecular formula is C28H26N4O3S. The van der Waals surface area contributed by atoms with E-state index in [9.17, 15) is 14.9 Å². The van der Waals surface area contributed by atoms with E-state index in [2.05, 4.69) is 22.0 Å². The predicted octanol–water partition coefficient (Wildman–Crippen LogP) is 5.60. The van der Waals surface area contributed by atoms with Crippen LogP contribution >= 0.6 is 11.8 Å². The lowest BCUT2D eigenvalue weighted by Gasteiger charge is -2.28. The Kier molecular flexibility index (Phi) is 7.62. The van der Waals surface area contributed by atoms with Gasteiger partial charge in [-0.05, 0) is 56.2 Å². The SMILES string of the molecule is CC1=C(C(=O)Nc2c(C)cccc2C)[C@H](c2ccco2)C(C#N)=C(SCC(=O)Nc2ccccc2)N1. The van der Waals surface area contributed by atoms with E-state index in [1.807, 2.05) is 62.4 Å². The second-order valence-corrected chi connectivity index (χ2v) is 9.38. The number of hydrogen-bond donors (Lipinski definition) is 3. The summed E-state index contributed by atoms with van der Waals surface area (Å²) < 4.78 is 5.67. The minimum Gasteiger partial charge on any atom is -0.468 e. The third-order valence-corrected chi connectivity index (χ3v) is 6.86. The summed E-state index contributed by atoms with van der Waals surface area (Å²) in [7, 11) is 0. The van der Waals surface area contributed by atoms with Crippen LogP contribution in [-0.2, 0) is 9.59 Å². The van der Waals surface area contributed by atoms with Gasteiger partial charge in [0.05, 0.1) is 40.2 Å². The van der Waals surface area contributed by atoms with Crippen LogP contribution < -0.4 is 16.0 Å². The van der Waals surface area contributed by atoms with Crippen molar-refractivity contribution in [2.24, 2.45) is 0 Å². The molecule has 182 valence electrons. The minimum absolute atomic E-state index is 0.0878. The number of rotatable bonds is 7. The number of nitrogens with one attached hydrogen (secondary N) is 3. The van der Waals surface area contributed by atoms with Gasteiger partial charge in [-0.3, -0.25) is 9.59 Å². The first-order valence-electron chi connectivity index (χ1n) is 11.4. The molecule has 2 aromatic carbocycles. The lowest BCUT2D eigenvalue weighted by Crippen LogP contribution is -2.31. The van der Waals surface area contributed by atoms with Gasteiger partial charge >= 0.3 is 0 Å². The Morgan fingerprint density at radius 2 is 1.72 bits per heavy atom. The number of allylic oxidation sites excluding steroid dienone is 2. The van der Waals surface area contributed by atoms with Gasteiger partial charge in [0, 0.05) is 17.1 Å². The summed E-state index contributed by atoms with van der Waals surface area (Å²) in [6, 6.07) is 20.7. The number of carbonyl (C=O) groups excluding carboxylic acids is 2. The number of anilines is 2. The summed E-state index contributed by atoms with van der Waals surface area (Å²) >= 11 is 1.21. The van der Waals surface area contributed by atoms with Gasteiger partial charge in [-0.1, -0.05) is 48.2 Å². The molecule has 8 heteroatoms. The maximum atomic E-state index is 13.6. The number of dihydropyridines is 1. The van der Waals surface area contributed by atoms with Crippen LogP contribution in [0.4, 0.5) is 11.4 Å². The molecule has 0 bridgehead atoms. The quantitative estimate of drug-likeness (QED) is 0.391. The van der Waals surface area contributed by atoms with Gasteiger partial charge in [0.1, 0.15) is 5.76 Å². The van der Waals surface area contributed by atoms with Crippen LogP contribution in [0.15, 0.2) is 93.2 Å². The van der Waals surface area contributed by atoms with Crippen LogP contribution in [0, 0.1) is 25.2 Å². The molecule has 2 amide bonds. The zero-order chi connectivity index (χ0) is 25.7. The topological polar surface area (TPSA) is 107 Å². The van der Waals surface area contributed by atoms with Gasteiger partial charge in [-0.2, -0.15) is 5.26 Å². The molecule has 0 radical (unpaired) electrons. The molecule has 0 aliphatic carbocycles. The van der Waals surface area contributed by atoms with Gasteiger partial charge < -0.3 is 20.4 Å². The number of nitriles is 1. The average molecular weight is 499 g/mol. The Morgan fingerprint density at radius 3 is 2.36 bits per heavy atom. The number of hydrogen-bond acceptors (Lipinski definition) is 6. The smallest absolute Gasteiger partial charge is 0.254 e. The van der Waals surface area contributed by atoms with Crippen molar-refractivity contribution in [2.45, 2.75) is 26.7 Å². The highest BCUT2D eigenvalue weighted by atomic mass is 32.2. The number of para-hydroxylation sites is 2. The number of benzene rings is 2. The second kappa shape index (κ2) is 11.0. The molecular weight excluding hydrogens is 472 g/mol. The average Bonchev–Trinajstić information content (AvgIpc) is 3.40. The summed E-state index contributed by atoms with van der Waals surface area (Å²) in [6.07, 6.45) is 1.52. The monoisotopic (exact) mass is 498 g/mol. The Balaban J connectivity index is 1.61. The number of nitrogens with zero attached hydrogens (tertiary/aromatic N) is 1. The molecule has 0 saturated carbocycles. The molecule has 3 N–H and O–H groups in total. The third kappa shape index (κ3) is 5.37. The van der Waals surface area contributed by atoms with E-state index in [1.54, 1.807) is 19.1 Å². The Labute approximate surface area is 214 Å². The van der Waals surface area contributed by atoms with Gasteiger partial charge in [0.2, 0.25) is 5.91 Å². The highest BCUT2D eigenvalue weighted by molar-refractivity contribution is 8.03. The summed E-state index contributed by atoms with van der Waals surface area (Å²) in [6.45, 7) is 5.65. The van der Waals surface area contributed by atoms with Crippen LogP contribution in [0.25, 0.3) is 0 Å². The summed E-state index contributed by atoms with van der Waals surface area (Å²) in [4.78, 5) is 26.1. The van der Waals surface area contributed by atoms with Crippen LogP contribution in [-0.4, -0.2) is 17.6 Å². The lowest BCUT2D eigenvalue weighted by molar-refractivity contribution is -0.114. The molecule has 1 aliphatic rings. The van der Waals surface area contributed by atoms with Crippen LogP contribution in [0.1, 0.15) is 29.7 Å². The lowest BCUT2D eigenvalue weighted by atomic mass is 9.85. The zero-order valence-electron chi connectivity index (χ0n) is 20.2. The van der Waals surface area contributed by atoms with Crippen molar-refractivity contribution in [1.29, 1.82) is 5.26 Å². The van der Waals surface area contributed by atoms with Gasteiger partial charge in [0.15, 0.2) is 0 Å². The number of thioether (sulfide) groups is 1. The van der Waals surface area contributed by atoms with E-state index >= 15 is 0 Å². The first kappa shape index (κ1) is 24.9. The van der Waals surface area contributed by atoms with E-state index in [4.69, 9.17) is 4.42 Å². The zero-order valence-corrected chi connectivity index (χ0v) is 21.0. The third-order valence-electron chi connectivity index (χ3n) is 5.84. The van der Waals surface area contributed by atoms with Crippen molar-refractivity contribution in [3.63, 3.8) is 0 Å². The van der Waals surface area contributed by atoms with Crippen molar-refractivity contribution in [3.8, 4) is 6.07 Å². The molecule has 0 unspecified atom stereocenters. The van der Waals surface area contributed by atoms with E-state index in [1.165, 1.54) is 18.0 Å².